The number of nitrogens with zero attached hydrogens (tertiary/aromatic N) is 4. The number of nitrogen functional groups attached to an aromatic ring is 1. The second-order valence-electron chi connectivity index (χ2n) is 8.44. The smallest absolute Gasteiger partial charge is 0.312 e. The molecular formula is C22H25FN6O2. The Bertz CT molecular complexity index is 1180. The van der Waals surface area contributed by atoms with Crippen LogP contribution in [-0.2, 0) is 13.0 Å². The molecular weight excluding hydrogens is 399 g/mol. The fourth-order valence-corrected chi connectivity index (χ4v) is 3.54. The van der Waals surface area contributed by atoms with Gasteiger partial charge in [-0.25, -0.2) is 4.98 Å². The van der Waals surface area contributed by atoms with Gasteiger partial charge in [0.2, 0.25) is 6.79 Å². The van der Waals surface area contributed by atoms with E-state index >= 15 is 0 Å². The summed E-state index contributed by atoms with van der Waals surface area (Å²) in [6.45, 7) is 7.85. The lowest BCUT2D eigenvalue weighted by molar-refractivity contribution is 0.174. The van der Waals surface area contributed by atoms with Gasteiger partial charge in [-0.15, -0.1) is 6.42 Å². The van der Waals surface area contributed by atoms with Crippen molar-refractivity contribution >= 4 is 17.0 Å². The monoisotopic (exact) mass is 424 g/mol. The standard InChI is InChI=1S/C22H25FN6O2/c1-5-13-9-15-16(31-12-30-15)10-14(13)11-17-26-18-19(24)27-21(23)28-20(18)29(17)8-6-7-25-22(2,3)4/h1,9-10,25H,6-8,11-12H2,2-4H3,(H2,24,27,28). The molecule has 0 saturated carbocycles. The van der Waals surface area contributed by atoms with Gasteiger partial charge in [-0.2, -0.15) is 14.4 Å². The largest absolute Gasteiger partial charge is 0.454 e. The highest BCUT2D eigenvalue weighted by Crippen LogP contribution is 2.35. The molecule has 0 atom stereocenters. The summed E-state index contributed by atoms with van der Waals surface area (Å²) in [4.78, 5) is 12.2. The third-order valence-electron chi connectivity index (χ3n) is 4.99. The first-order chi connectivity index (χ1) is 14.7. The van der Waals surface area contributed by atoms with E-state index in [9.17, 15) is 4.39 Å². The van der Waals surface area contributed by atoms with Gasteiger partial charge in [-0.3, -0.25) is 0 Å². The van der Waals surface area contributed by atoms with Gasteiger partial charge in [0, 0.05) is 30.1 Å². The molecule has 31 heavy (non-hydrogen) atoms. The lowest BCUT2D eigenvalue weighted by atomic mass is 10.0. The van der Waals surface area contributed by atoms with Crippen LogP contribution in [-0.4, -0.2) is 38.4 Å². The number of rotatable bonds is 6. The zero-order chi connectivity index (χ0) is 22.2. The minimum atomic E-state index is -0.877. The molecule has 2 aromatic heterocycles. The quantitative estimate of drug-likeness (QED) is 0.356. The van der Waals surface area contributed by atoms with Crippen molar-refractivity contribution in [2.24, 2.45) is 0 Å². The fraction of sp³-hybridized carbons (Fsp3) is 0.409. The number of anilines is 1. The van der Waals surface area contributed by atoms with Gasteiger partial charge in [0.05, 0.1) is 0 Å². The van der Waals surface area contributed by atoms with Crippen LogP contribution in [0.5, 0.6) is 11.5 Å². The number of benzene rings is 1. The summed E-state index contributed by atoms with van der Waals surface area (Å²) in [6, 6.07) is 3.64. The van der Waals surface area contributed by atoms with Crippen LogP contribution in [0.15, 0.2) is 12.1 Å². The SMILES string of the molecule is C#Cc1cc2c(cc1Cc1nc3c(N)nc(F)nc3n1CCCNC(C)(C)C)OCO2. The number of hydrogen-bond acceptors (Lipinski definition) is 7. The molecule has 1 aliphatic rings. The van der Waals surface area contributed by atoms with E-state index in [1.807, 2.05) is 10.6 Å². The molecule has 0 spiro atoms. The summed E-state index contributed by atoms with van der Waals surface area (Å²) < 4.78 is 26.7. The lowest BCUT2D eigenvalue weighted by Crippen LogP contribution is -2.36. The third-order valence-corrected chi connectivity index (χ3v) is 4.99. The van der Waals surface area contributed by atoms with Crippen molar-refractivity contribution in [2.75, 3.05) is 19.1 Å². The lowest BCUT2D eigenvalue weighted by Gasteiger charge is -2.20. The molecule has 0 aliphatic carbocycles. The van der Waals surface area contributed by atoms with Crippen LogP contribution in [0, 0.1) is 18.4 Å². The second-order valence-corrected chi connectivity index (χ2v) is 8.44. The van der Waals surface area contributed by atoms with Crippen molar-refractivity contribution < 1.29 is 13.9 Å². The minimum absolute atomic E-state index is 0.00667. The van der Waals surface area contributed by atoms with Crippen molar-refractivity contribution in [1.29, 1.82) is 0 Å². The van der Waals surface area contributed by atoms with Crippen LogP contribution in [0.1, 0.15) is 44.1 Å². The molecule has 0 fully saturated rings. The molecule has 3 N–H and O–H groups in total. The normalized spacial score (nSPS) is 13.0. The van der Waals surface area contributed by atoms with E-state index in [1.165, 1.54) is 0 Å². The molecule has 1 aromatic carbocycles. The minimum Gasteiger partial charge on any atom is -0.454 e. The number of hydrogen-bond donors (Lipinski definition) is 2. The number of imidazole rings is 1. The number of ether oxygens (including phenoxy) is 2. The number of nitrogens with two attached hydrogens (primary N) is 1. The van der Waals surface area contributed by atoms with Crippen LogP contribution in [0.25, 0.3) is 11.2 Å². The van der Waals surface area contributed by atoms with Gasteiger partial charge in [0.1, 0.15) is 5.82 Å². The number of terminal acetylenes is 1. The zero-order valence-corrected chi connectivity index (χ0v) is 17.8. The summed E-state index contributed by atoms with van der Waals surface area (Å²) in [7, 11) is 0. The molecule has 1 aliphatic heterocycles. The predicted octanol–water partition coefficient (Wildman–Crippen LogP) is 2.63. The van der Waals surface area contributed by atoms with E-state index in [0.717, 1.165) is 18.5 Å². The van der Waals surface area contributed by atoms with Crippen LogP contribution in [0.3, 0.4) is 0 Å². The number of aryl methyl sites for hydroxylation is 1. The maximum atomic E-state index is 13.9. The first kappa shape index (κ1) is 20.9. The van der Waals surface area contributed by atoms with Crippen LogP contribution in [0.2, 0.25) is 0 Å². The Labute approximate surface area is 180 Å². The van der Waals surface area contributed by atoms with Crippen molar-refractivity contribution in [2.45, 2.75) is 45.7 Å². The Hall–Kier alpha value is -3.38. The average molecular weight is 424 g/mol. The Balaban J connectivity index is 1.70. The molecule has 9 heteroatoms. The van der Waals surface area contributed by atoms with Crippen LogP contribution in [0.4, 0.5) is 10.2 Å². The molecule has 0 amide bonds. The van der Waals surface area contributed by atoms with Gasteiger partial charge >= 0.3 is 6.08 Å². The zero-order valence-electron chi connectivity index (χ0n) is 17.8. The van der Waals surface area contributed by atoms with E-state index in [-0.39, 0.29) is 18.1 Å². The van der Waals surface area contributed by atoms with E-state index < -0.39 is 6.08 Å². The summed E-state index contributed by atoms with van der Waals surface area (Å²) in [5.41, 5.74) is 8.22. The Kier molecular flexibility index (Phi) is 5.41. The Morgan fingerprint density at radius 2 is 1.97 bits per heavy atom. The number of halogens is 1. The second kappa shape index (κ2) is 8.04. The van der Waals surface area contributed by atoms with Gasteiger partial charge in [-0.1, -0.05) is 5.92 Å². The van der Waals surface area contributed by atoms with Crippen molar-refractivity contribution in [1.82, 2.24) is 24.8 Å². The number of aromatic nitrogens is 4. The predicted molar refractivity (Wildman–Crippen MR) is 115 cm³/mol. The molecule has 4 rings (SSSR count). The first-order valence-corrected chi connectivity index (χ1v) is 10.1. The van der Waals surface area contributed by atoms with Gasteiger partial charge in [-0.05, 0) is 45.4 Å². The first-order valence-electron chi connectivity index (χ1n) is 10.1. The van der Waals surface area contributed by atoms with Crippen molar-refractivity contribution in [3.8, 4) is 23.8 Å². The topological polar surface area (TPSA) is 100 Å². The molecule has 3 aromatic rings. The highest BCUT2D eigenvalue weighted by atomic mass is 19.1. The molecule has 162 valence electrons. The van der Waals surface area contributed by atoms with Crippen molar-refractivity contribution in [3.63, 3.8) is 0 Å². The third kappa shape index (κ3) is 4.39. The molecule has 3 heterocycles. The van der Waals surface area contributed by atoms with E-state index in [1.54, 1.807) is 6.07 Å². The van der Waals surface area contributed by atoms with Crippen molar-refractivity contribution in [3.05, 3.63) is 35.2 Å². The Morgan fingerprint density at radius 1 is 1.23 bits per heavy atom. The van der Waals surface area contributed by atoms with Gasteiger partial charge < -0.3 is 25.1 Å². The summed E-state index contributed by atoms with van der Waals surface area (Å²) in [6.07, 6.45) is 6.04. The van der Waals surface area contributed by atoms with Crippen LogP contribution < -0.4 is 20.5 Å². The van der Waals surface area contributed by atoms with E-state index in [2.05, 4.69) is 47.0 Å². The summed E-state index contributed by atoms with van der Waals surface area (Å²) in [5, 5.41) is 3.45. The number of fused-ring (bicyclic) bond motifs is 2. The fourth-order valence-electron chi connectivity index (χ4n) is 3.54. The molecule has 0 bridgehead atoms. The maximum Gasteiger partial charge on any atom is 0.312 e. The highest BCUT2D eigenvalue weighted by Gasteiger charge is 2.21. The highest BCUT2D eigenvalue weighted by molar-refractivity contribution is 5.82. The van der Waals surface area contributed by atoms with Gasteiger partial charge in [0.15, 0.2) is 28.5 Å². The van der Waals surface area contributed by atoms with Crippen LogP contribution >= 0.6 is 0 Å². The average Bonchev–Trinajstić information content (AvgIpc) is 3.28. The number of nitrogens with one attached hydrogen (secondary N) is 1. The molecule has 0 unspecified atom stereocenters. The maximum absolute atomic E-state index is 13.9. The molecule has 0 saturated heterocycles. The van der Waals surface area contributed by atoms with Gasteiger partial charge in [0.25, 0.3) is 0 Å². The summed E-state index contributed by atoms with van der Waals surface area (Å²) in [5.74, 6) is 4.64. The summed E-state index contributed by atoms with van der Waals surface area (Å²) >= 11 is 0. The van der Waals surface area contributed by atoms with E-state index in [4.69, 9.17) is 21.6 Å². The Morgan fingerprint density at radius 3 is 2.68 bits per heavy atom. The van der Waals surface area contributed by atoms with E-state index in [0.29, 0.717) is 47.0 Å². The molecule has 8 nitrogen and oxygen atoms in total. The molecule has 0 radical (unpaired) electrons.